The number of benzene rings is 3. The van der Waals surface area contributed by atoms with Gasteiger partial charge in [0.05, 0.1) is 5.02 Å². The first-order valence-electron chi connectivity index (χ1n) is 9.00. The number of nitrogens with one attached hydrogen (secondary N) is 1. The number of halogens is 1. The molecule has 4 rings (SSSR count). The van der Waals surface area contributed by atoms with Gasteiger partial charge in [-0.2, -0.15) is 0 Å². The maximum atomic E-state index is 12.8. The van der Waals surface area contributed by atoms with Gasteiger partial charge in [-0.15, -0.1) is 0 Å². The molecule has 3 aromatic carbocycles. The number of para-hydroxylation sites is 1. The van der Waals surface area contributed by atoms with Crippen molar-refractivity contribution in [1.82, 2.24) is 0 Å². The highest BCUT2D eigenvalue weighted by Gasteiger charge is 2.29. The Morgan fingerprint density at radius 3 is 2.14 bits per heavy atom. The van der Waals surface area contributed by atoms with Gasteiger partial charge in [0.1, 0.15) is 5.75 Å². The highest BCUT2D eigenvalue weighted by molar-refractivity contribution is 6.32. The zero-order valence-corrected chi connectivity index (χ0v) is 16.2. The smallest absolute Gasteiger partial charge is 0.265 e. The van der Waals surface area contributed by atoms with Crippen LogP contribution in [-0.4, -0.2) is 23.6 Å². The molecule has 0 unspecified atom stereocenters. The number of ether oxygens (including phenoxy) is 1. The van der Waals surface area contributed by atoms with Crippen molar-refractivity contribution in [2.75, 3.05) is 5.32 Å². The van der Waals surface area contributed by atoms with Crippen LogP contribution in [0.15, 0.2) is 66.7 Å². The van der Waals surface area contributed by atoms with Crippen LogP contribution in [-0.2, 0) is 4.79 Å². The van der Waals surface area contributed by atoms with E-state index in [9.17, 15) is 14.4 Å². The van der Waals surface area contributed by atoms with Gasteiger partial charge in [-0.05, 0) is 37.3 Å². The standard InChI is InChI=1S/C23H16ClNO4/c1-13(29-20-9-5-4-8-19(20)24)23(28)25-14-10-11-17-18(12-14)22(27)16-7-3-2-6-15(16)21(17)26/h2-13H,1H3,(H,25,28)/t13-/m1/s1. The van der Waals surface area contributed by atoms with Crippen LogP contribution in [0.25, 0.3) is 0 Å². The third kappa shape index (κ3) is 3.52. The first-order chi connectivity index (χ1) is 14.0. The normalized spacial score (nSPS) is 13.3. The summed E-state index contributed by atoms with van der Waals surface area (Å²) in [5, 5.41) is 3.13. The second kappa shape index (κ2) is 7.53. The minimum Gasteiger partial charge on any atom is -0.479 e. The summed E-state index contributed by atoms with van der Waals surface area (Å²) in [6, 6.07) is 18.3. The molecule has 0 aliphatic heterocycles. The molecule has 1 aliphatic carbocycles. The molecule has 0 aromatic heterocycles. The number of hydrogen-bond donors (Lipinski definition) is 1. The SMILES string of the molecule is C[C@@H](Oc1ccccc1Cl)C(=O)Nc1ccc2c(c1)C(=O)c1ccccc1C2=O. The molecular weight excluding hydrogens is 390 g/mol. The number of carbonyl (C=O) groups is 3. The van der Waals surface area contributed by atoms with E-state index in [0.717, 1.165) is 0 Å². The maximum Gasteiger partial charge on any atom is 0.265 e. The lowest BCUT2D eigenvalue weighted by molar-refractivity contribution is -0.122. The highest BCUT2D eigenvalue weighted by atomic mass is 35.5. The number of ketones is 2. The van der Waals surface area contributed by atoms with Crippen LogP contribution < -0.4 is 10.1 Å². The van der Waals surface area contributed by atoms with Crippen LogP contribution in [0.1, 0.15) is 38.8 Å². The van der Waals surface area contributed by atoms with Gasteiger partial charge in [-0.1, -0.05) is 48.0 Å². The first-order valence-corrected chi connectivity index (χ1v) is 9.38. The van der Waals surface area contributed by atoms with Crippen molar-refractivity contribution in [3.05, 3.63) is 94.0 Å². The Morgan fingerprint density at radius 1 is 0.862 bits per heavy atom. The van der Waals surface area contributed by atoms with Gasteiger partial charge in [0, 0.05) is 27.9 Å². The lowest BCUT2D eigenvalue weighted by Crippen LogP contribution is -2.30. The Labute approximate surface area is 172 Å². The summed E-state index contributed by atoms with van der Waals surface area (Å²) in [6.07, 6.45) is -0.816. The largest absolute Gasteiger partial charge is 0.479 e. The molecule has 1 atom stereocenters. The van der Waals surface area contributed by atoms with Crippen molar-refractivity contribution in [2.24, 2.45) is 0 Å². The molecule has 5 nitrogen and oxygen atoms in total. The topological polar surface area (TPSA) is 72.5 Å². The molecule has 0 heterocycles. The van der Waals surface area contributed by atoms with E-state index >= 15 is 0 Å². The van der Waals surface area contributed by atoms with E-state index in [-0.39, 0.29) is 17.1 Å². The fourth-order valence-corrected chi connectivity index (χ4v) is 3.39. The summed E-state index contributed by atoms with van der Waals surface area (Å²) >= 11 is 6.06. The molecule has 1 amide bonds. The zero-order valence-electron chi connectivity index (χ0n) is 15.4. The monoisotopic (exact) mass is 405 g/mol. The van der Waals surface area contributed by atoms with Crippen LogP contribution in [0.4, 0.5) is 5.69 Å². The fraction of sp³-hybridized carbons (Fsp3) is 0.0870. The van der Waals surface area contributed by atoms with Gasteiger partial charge in [0.25, 0.3) is 5.91 Å². The van der Waals surface area contributed by atoms with Crippen molar-refractivity contribution in [3.8, 4) is 5.75 Å². The minimum absolute atomic E-state index is 0.205. The minimum atomic E-state index is -0.816. The second-order valence-corrected chi connectivity index (χ2v) is 7.05. The predicted octanol–water partition coefficient (Wildman–Crippen LogP) is 4.52. The van der Waals surface area contributed by atoms with Gasteiger partial charge < -0.3 is 10.1 Å². The molecule has 6 heteroatoms. The van der Waals surface area contributed by atoms with E-state index in [1.54, 1.807) is 67.6 Å². The lowest BCUT2D eigenvalue weighted by Gasteiger charge is -2.19. The first kappa shape index (κ1) is 18.9. The van der Waals surface area contributed by atoms with Gasteiger partial charge in [0.15, 0.2) is 17.7 Å². The number of hydrogen-bond acceptors (Lipinski definition) is 4. The molecule has 0 bridgehead atoms. The third-order valence-electron chi connectivity index (χ3n) is 4.70. The Hall–Kier alpha value is -3.44. The second-order valence-electron chi connectivity index (χ2n) is 6.64. The number of rotatable bonds is 4. The molecule has 144 valence electrons. The Kier molecular flexibility index (Phi) is 4.91. The summed E-state index contributed by atoms with van der Waals surface area (Å²) in [5.74, 6) is -0.449. The quantitative estimate of drug-likeness (QED) is 0.541. The predicted molar refractivity (Wildman–Crippen MR) is 110 cm³/mol. The van der Waals surface area contributed by atoms with Crippen LogP contribution in [0, 0.1) is 0 Å². The lowest BCUT2D eigenvalue weighted by atomic mass is 9.84. The zero-order chi connectivity index (χ0) is 20.5. The average molecular weight is 406 g/mol. The van der Waals surface area contributed by atoms with Gasteiger partial charge in [0.2, 0.25) is 0 Å². The maximum absolute atomic E-state index is 12.8. The number of carbonyl (C=O) groups excluding carboxylic acids is 3. The third-order valence-corrected chi connectivity index (χ3v) is 5.01. The molecule has 0 saturated heterocycles. The Balaban J connectivity index is 1.55. The van der Waals surface area contributed by atoms with Gasteiger partial charge in [-0.25, -0.2) is 0 Å². The van der Waals surface area contributed by atoms with E-state index in [0.29, 0.717) is 33.1 Å². The van der Waals surface area contributed by atoms with E-state index < -0.39 is 12.0 Å². The number of fused-ring (bicyclic) bond motifs is 2. The highest BCUT2D eigenvalue weighted by Crippen LogP contribution is 2.29. The summed E-state index contributed by atoms with van der Waals surface area (Å²) in [7, 11) is 0. The van der Waals surface area contributed by atoms with Crippen molar-refractivity contribution in [1.29, 1.82) is 0 Å². The van der Waals surface area contributed by atoms with Crippen LogP contribution in [0.2, 0.25) is 5.02 Å². The van der Waals surface area contributed by atoms with Crippen LogP contribution >= 0.6 is 11.6 Å². The molecule has 1 N–H and O–H groups in total. The van der Waals surface area contributed by atoms with Crippen molar-refractivity contribution in [2.45, 2.75) is 13.0 Å². The van der Waals surface area contributed by atoms with Crippen molar-refractivity contribution < 1.29 is 19.1 Å². The number of anilines is 1. The average Bonchev–Trinajstić information content (AvgIpc) is 2.73. The molecular formula is C23H16ClNO4. The van der Waals surface area contributed by atoms with E-state index in [4.69, 9.17) is 16.3 Å². The number of amides is 1. The molecule has 0 radical (unpaired) electrons. The van der Waals surface area contributed by atoms with Gasteiger partial charge in [-0.3, -0.25) is 14.4 Å². The summed E-state index contributed by atoms with van der Waals surface area (Å²) in [4.78, 5) is 38.0. The van der Waals surface area contributed by atoms with Crippen molar-refractivity contribution >= 4 is 34.8 Å². The molecule has 0 fully saturated rings. The van der Waals surface area contributed by atoms with Gasteiger partial charge >= 0.3 is 0 Å². The summed E-state index contributed by atoms with van der Waals surface area (Å²) < 4.78 is 5.61. The van der Waals surface area contributed by atoms with Crippen LogP contribution in [0.3, 0.4) is 0 Å². The molecule has 1 aliphatic rings. The molecule has 29 heavy (non-hydrogen) atoms. The van der Waals surface area contributed by atoms with Crippen molar-refractivity contribution in [3.63, 3.8) is 0 Å². The summed E-state index contributed by atoms with van der Waals surface area (Å²) in [5.41, 5.74) is 1.76. The Morgan fingerprint density at radius 2 is 1.45 bits per heavy atom. The Bertz CT molecular complexity index is 1160. The molecule has 0 saturated carbocycles. The fourth-order valence-electron chi connectivity index (χ4n) is 3.21. The molecule has 0 spiro atoms. The van der Waals surface area contributed by atoms with E-state index in [1.807, 2.05) is 0 Å². The summed E-state index contributed by atoms with van der Waals surface area (Å²) in [6.45, 7) is 1.60. The molecule has 3 aromatic rings. The van der Waals surface area contributed by atoms with E-state index in [2.05, 4.69) is 5.32 Å². The van der Waals surface area contributed by atoms with E-state index in [1.165, 1.54) is 6.07 Å². The van der Waals surface area contributed by atoms with Crippen LogP contribution in [0.5, 0.6) is 5.75 Å².